The van der Waals surface area contributed by atoms with Crippen molar-refractivity contribution in [2.24, 2.45) is 0 Å². The summed E-state index contributed by atoms with van der Waals surface area (Å²) < 4.78 is 43.4. The van der Waals surface area contributed by atoms with Crippen LogP contribution >= 0.6 is 0 Å². The monoisotopic (exact) mass is 353 g/mol. The molecular formula is C16H18F3N5O. The van der Waals surface area contributed by atoms with Gasteiger partial charge in [0, 0.05) is 51.2 Å². The number of hydrogen-bond donors (Lipinski definition) is 0. The predicted molar refractivity (Wildman–Crippen MR) is 85.3 cm³/mol. The number of nitrogens with zero attached hydrogens (tertiary/aromatic N) is 5. The van der Waals surface area contributed by atoms with Crippen molar-refractivity contribution in [1.82, 2.24) is 19.9 Å². The minimum absolute atomic E-state index is 0.125. The Morgan fingerprint density at radius 3 is 2.48 bits per heavy atom. The molecule has 1 saturated heterocycles. The fourth-order valence-corrected chi connectivity index (χ4v) is 2.68. The molecule has 3 rings (SSSR count). The zero-order chi connectivity index (χ0) is 17.9. The number of piperazine rings is 1. The maximum Gasteiger partial charge on any atom is 0.433 e. The molecule has 0 saturated carbocycles. The number of alkyl halides is 3. The van der Waals surface area contributed by atoms with Crippen molar-refractivity contribution in [3.63, 3.8) is 0 Å². The molecule has 25 heavy (non-hydrogen) atoms. The van der Waals surface area contributed by atoms with Gasteiger partial charge >= 0.3 is 6.18 Å². The number of ether oxygens (including phenoxy) is 1. The van der Waals surface area contributed by atoms with E-state index in [9.17, 15) is 13.2 Å². The second-order valence-electron chi connectivity index (χ2n) is 5.71. The fourth-order valence-electron chi connectivity index (χ4n) is 2.68. The summed E-state index contributed by atoms with van der Waals surface area (Å²) in [7, 11) is 1.57. The molecule has 0 amide bonds. The summed E-state index contributed by atoms with van der Waals surface area (Å²) in [6, 6.07) is 4.68. The molecule has 1 aliphatic rings. The Morgan fingerprint density at radius 1 is 1.08 bits per heavy atom. The number of pyridine rings is 1. The van der Waals surface area contributed by atoms with Gasteiger partial charge in [-0.1, -0.05) is 0 Å². The van der Waals surface area contributed by atoms with E-state index < -0.39 is 11.9 Å². The number of aromatic nitrogens is 3. The van der Waals surface area contributed by atoms with Crippen LogP contribution in [0.25, 0.3) is 0 Å². The van der Waals surface area contributed by atoms with E-state index in [2.05, 4.69) is 19.9 Å². The normalized spacial score (nSPS) is 16.1. The molecule has 0 N–H and O–H groups in total. The quantitative estimate of drug-likeness (QED) is 0.840. The van der Waals surface area contributed by atoms with Crippen LogP contribution < -0.4 is 9.64 Å². The van der Waals surface area contributed by atoms with Crippen molar-refractivity contribution in [1.29, 1.82) is 0 Å². The number of anilines is 1. The Morgan fingerprint density at radius 2 is 1.80 bits per heavy atom. The average Bonchev–Trinajstić information content (AvgIpc) is 2.62. The lowest BCUT2D eigenvalue weighted by Gasteiger charge is -2.34. The van der Waals surface area contributed by atoms with Crippen molar-refractivity contribution in [2.75, 3.05) is 38.2 Å². The lowest BCUT2D eigenvalue weighted by atomic mass is 10.2. The SMILES string of the molecule is COc1cc(CN2CCN(c3nccc(C(F)(F)F)n3)CC2)ccn1. The molecule has 2 aromatic heterocycles. The molecule has 1 fully saturated rings. The lowest BCUT2D eigenvalue weighted by Crippen LogP contribution is -2.46. The molecule has 2 aromatic rings. The summed E-state index contributed by atoms with van der Waals surface area (Å²) in [6.07, 6.45) is -1.61. The Balaban J connectivity index is 1.60. The van der Waals surface area contributed by atoms with Crippen molar-refractivity contribution in [2.45, 2.75) is 12.7 Å². The molecular weight excluding hydrogens is 335 g/mol. The largest absolute Gasteiger partial charge is 0.481 e. The van der Waals surface area contributed by atoms with Gasteiger partial charge in [0.05, 0.1) is 7.11 Å². The first-order valence-electron chi connectivity index (χ1n) is 7.82. The molecule has 134 valence electrons. The minimum atomic E-state index is -4.46. The van der Waals surface area contributed by atoms with Crippen molar-refractivity contribution < 1.29 is 17.9 Å². The standard InChI is InChI=1S/C16H18F3N5O/c1-25-14-10-12(2-4-20-14)11-23-6-8-24(9-7-23)15-21-5-3-13(22-15)16(17,18)19/h2-5,10H,6-9,11H2,1H3. The van der Waals surface area contributed by atoms with E-state index in [1.807, 2.05) is 12.1 Å². The highest BCUT2D eigenvalue weighted by Gasteiger charge is 2.33. The van der Waals surface area contributed by atoms with E-state index >= 15 is 0 Å². The Kier molecular flexibility index (Phi) is 5.03. The first-order valence-corrected chi connectivity index (χ1v) is 7.82. The molecule has 3 heterocycles. The topological polar surface area (TPSA) is 54.4 Å². The molecule has 9 heteroatoms. The third-order valence-corrected chi connectivity index (χ3v) is 4.00. The Labute approximate surface area is 143 Å². The highest BCUT2D eigenvalue weighted by atomic mass is 19.4. The predicted octanol–water partition coefficient (Wildman–Crippen LogP) is 2.22. The average molecular weight is 353 g/mol. The van der Waals surface area contributed by atoms with Crippen LogP contribution in [0, 0.1) is 0 Å². The first-order chi connectivity index (χ1) is 12.0. The van der Waals surface area contributed by atoms with Crippen LogP contribution in [-0.4, -0.2) is 53.1 Å². The summed E-state index contributed by atoms with van der Waals surface area (Å²) in [4.78, 5) is 15.7. The van der Waals surface area contributed by atoms with Gasteiger partial charge in [-0.2, -0.15) is 13.2 Å². The number of methoxy groups -OCH3 is 1. The van der Waals surface area contributed by atoms with Crippen LogP contribution in [0.5, 0.6) is 5.88 Å². The van der Waals surface area contributed by atoms with Crippen LogP contribution in [0.4, 0.5) is 19.1 Å². The summed E-state index contributed by atoms with van der Waals surface area (Å²) in [5.74, 6) is 0.688. The highest BCUT2D eigenvalue weighted by molar-refractivity contribution is 5.32. The van der Waals surface area contributed by atoms with Gasteiger partial charge < -0.3 is 9.64 Å². The summed E-state index contributed by atoms with van der Waals surface area (Å²) in [5, 5.41) is 0. The molecule has 1 aliphatic heterocycles. The molecule has 0 atom stereocenters. The Bertz CT molecular complexity index is 717. The molecule has 6 nitrogen and oxygen atoms in total. The van der Waals surface area contributed by atoms with Gasteiger partial charge in [0.15, 0.2) is 0 Å². The molecule has 0 bridgehead atoms. The van der Waals surface area contributed by atoms with Gasteiger partial charge in [0.2, 0.25) is 11.8 Å². The van der Waals surface area contributed by atoms with Gasteiger partial charge in [-0.3, -0.25) is 4.90 Å². The van der Waals surface area contributed by atoms with Gasteiger partial charge in [0.1, 0.15) is 5.69 Å². The van der Waals surface area contributed by atoms with E-state index in [0.29, 0.717) is 32.1 Å². The first kappa shape index (κ1) is 17.4. The molecule has 0 spiro atoms. The number of hydrogen-bond acceptors (Lipinski definition) is 6. The second kappa shape index (κ2) is 7.22. The number of halogens is 3. The van der Waals surface area contributed by atoms with Gasteiger partial charge in [0.25, 0.3) is 0 Å². The molecule has 0 aromatic carbocycles. The summed E-state index contributed by atoms with van der Waals surface area (Å²) in [5.41, 5.74) is 0.166. The number of rotatable bonds is 4. The van der Waals surface area contributed by atoms with Crippen LogP contribution in [0.2, 0.25) is 0 Å². The Hall–Kier alpha value is -2.42. The highest BCUT2D eigenvalue weighted by Crippen LogP contribution is 2.28. The minimum Gasteiger partial charge on any atom is -0.481 e. The molecule has 0 unspecified atom stereocenters. The maximum atomic E-state index is 12.8. The van der Waals surface area contributed by atoms with E-state index in [4.69, 9.17) is 4.74 Å². The zero-order valence-corrected chi connectivity index (χ0v) is 13.7. The second-order valence-corrected chi connectivity index (χ2v) is 5.71. The third kappa shape index (κ3) is 4.36. The zero-order valence-electron chi connectivity index (χ0n) is 13.7. The lowest BCUT2D eigenvalue weighted by molar-refractivity contribution is -0.141. The van der Waals surface area contributed by atoms with Crippen LogP contribution in [0.1, 0.15) is 11.3 Å². The molecule has 0 aliphatic carbocycles. The van der Waals surface area contributed by atoms with E-state index in [-0.39, 0.29) is 5.95 Å². The molecule has 0 radical (unpaired) electrons. The summed E-state index contributed by atoms with van der Waals surface area (Å²) in [6.45, 7) is 3.30. The third-order valence-electron chi connectivity index (χ3n) is 4.00. The van der Waals surface area contributed by atoms with E-state index in [1.54, 1.807) is 18.2 Å². The van der Waals surface area contributed by atoms with Crippen molar-refractivity contribution in [3.8, 4) is 5.88 Å². The fraction of sp³-hybridized carbons (Fsp3) is 0.438. The summed E-state index contributed by atoms with van der Waals surface area (Å²) >= 11 is 0. The van der Waals surface area contributed by atoms with Crippen molar-refractivity contribution >= 4 is 5.95 Å². The van der Waals surface area contributed by atoms with Gasteiger partial charge in [-0.15, -0.1) is 0 Å². The van der Waals surface area contributed by atoms with Crippen molar-refractivity contribution in [3.05, 3.63) is 41.9 Å². The van der Waals surface area contributed by atoms with Gasteiger partial charge in [-0.05, 0) is 17.7 Å². The van der Waals surface area contributed by atoms with Crippen LogP contribution in [-0.2, 0) is 12.7 Å². The van der Waals surface area contributed by atoms with E-state index in [0.717, 1.165) is 24.4 Å². The maximum absolute atomic E-state index is 12.8. The van der Waals surface area contributed by atoms with E-state index in [1.165, 1.54) is 0 Å². The van der Waals surface area contributed by atoms with Gasteiger partial charge in [-0.25, -0.2) is 15.0 Å². The van der Waals surface area contributed by atoms with Crippen LogP contribution in [0.3, 0.4) is 0 Å². The smallest absolute Gasteiger partial charge is 0.433 e. The van der Waals surface area contributed by atoms with Crippen LogP contribution in [0.15, 0.2) is 30.6 Å².